The van der Waals surface area contributed by atoms with Gasteiger partial charge in [0.05, 0.1) is 19.8 Å². The Morgan fingerprint density at radius 2 is 1.74 bits per heavy atom. The normalized spacial score (nSPS) is 20.9. The maximum atomic E-state index is 13.6. The Kier molecular flexibility index (Phi) is 9.01. The van der Waals surface area contributed by atoms with Crippen molar-refractivity contribution in [1.29, 1.82) is 0 Å². The molecular weight excluding hydrogens is 502 g/mol. The lowest BCUT2D eigenvalue weighted by molar-refractivity contribution is -0.133. The van der Waals surface area contributed by atoms with E-state index < -0.39 is 41.4 Å². The molecule has 0 bridgehead atoms. The van der Waals surface area contributed by atoms with Crippen molar-refractivity contribution in [1.82, 2.24) is 25.9 Å². The number of ketones is 1. The van der Waals surface area contributed by atoms with Gasteiger partial charge in [-0.05, 0) is 43.9 Å². The summed E-state index contributed by atoms with van der Waals surface area (Å²) in [5, 5.41) is 8.27. The Labute approximate surface area is 227 Å². The molecule has 11 heteroatoms. The van der Waals surface area contributed by atoms with Crippen molar-refractivity contribution in [3.63, 3.8) is 0 Å². The van der Waals surface area contributed by atoms with Gasteiger partial charge in [0.2, 0.25) is 11.8 Å². The van der Waals surface area contributed by atoms with Crippen LogP contribution < -0.4 is 20.7 Å². The molecule has 0 unspecified atom stereocenters. The lowest BCUT2D eigenvalue weighted by atomic mass is 9.90. The number of hydrogen-bond donors (Lipinski definition) is 4. The van der Waals surface area contributed by atoms with E-state index in [4.69, 9.17) is 9.47 Å². The van der Waals surface area contributed by atoms with Gasteiger partial charge >= 0.3 is 0 Å². The number of aromatic nitrogens is 2. The maximum Gasteiger partial charge on any atom is 0.287 e. The molecule has 11 nitrogen and oxygen atoms in total. The van der Waals surface area contributed by atoms with Crippen LogP contribution in [0.15, 0.2) is 36.7 Å². The number of nitrogens with zero attached hydrogens (tertiary/aromatic N) is 1. The van der Waals surface area contributed by atoms with Gasteiger partial charge in [0.15, 0.2) is 11.6 Å². The third-order valence-corrected chi connectivity index (χ3v) is 7.46. The molecule has 3 amide bonds. The lowest BCUT2D eigenvalue weighted by Crippen LogP contribution is -2.57. The van der Waals surface area contributed by atoms with Crippen molar-refractivity contribution in [3.8, 4) is 5.75 Å². The third-order valence-electron chi connectivity index (χ3n) is 7.46. The fraction of sp³-hybridized carbons (Fsp3) is 0.536. The molecule has 1 saturated heterocycles. The largest absolute Gasteiger partial charge is 0.497 e. The lowest BCUT2D eigenvalue weighted by Gasteiger charge is -2.26. The molecule has 4 rings (SSSR count). The standard InChI is InChI=1S/C28H37N5O6/c1-17(31-27(37)24-29-12-13-30-24)25(35)33-22(15-19-8-10-20(38-3)11-9-19)26(36)32-21(14-18-6-4-5-7-18)23(34)28(2)16-39-28/h8-13,17-18,21-22H,4-7,14-16H2,1-3H3,(H,29,30)(H,31,37)(H,32,36)(H,33,35)/t17-,21+,22+,28-/m1/s1. The Hall–Kier alpha value is -3.73. The van der Waals surface area contributed by atoms with Crippen LogP contribution in [0.5, 0.6) is 5.75 Å². The van der Waals surface area contributed by atoms with Gasteiger partial charge in [-0.25, -0.2) is 4.98 Å². The first kappa shape index (κ1) is 28.3. The van der Waals surface area contributed by atoms with Crippen LogP contribution in [0.2, 0.25) is 0 Å². The van der Waals surface area contributed by atoms with Gasteiger partial charge in [-0.1, -0.05) is 37.8 Å². The number of aromatic amines is 1. The summed E-state index contributed by atoms with van der Waals surface area (Å²) < 4.78 is 10.6. The molecule has 2 aliphatic rings. The van der Waals surface area contributed by atoms with Crippen LogP contribution in [0.1, 0.15) is 62.1 Å². The summed E-state index contributed by atoms with van der Waals surface area (Å²) in [4.78, 5) is 58.9. The summed E-state index contributed by atoms with van der Waals surface area (Å²) in [5.74, 6) is -0.601. The van der Waals surface area contributed by atoms with Crippen molar-refractivity contribution >= 4 is 23.5 Å². The van der Waals surface area contributed by atoms with Gasteiger partial charge in [-0.3, -0.25) is 19.2 Å². The summed E-state index contributed by atoms with van der Waals surface area (Å²) in [7, 11) is 1.56. The number of amides is 3. The molecule has 4 atom stereocenters. The summed E-state index contributed by atoms with van der Waals surface area (Å²) in [6.45, 7) is 3.60. The molecule has 1 aromatic heterocycles. The van der Waals surface area contributed by atoms with Gasteiger partial charge in [-0.15, -0.1) is 0 Å². The van der Waals surface area contributed by atoms with Crippen molar-refractivity contribution in [2.45, 2.75) is 76.1 Å². The number of H-pyrrole nitrogens is 1. The Bertz CT molecular complexity index is 1160. The molecule has 2 aromatic rings. The number of carbonyl (C=O) groups is 4. The number of hydrogen-bond acceptors (Lipinski definition) is 7. The first-order valence-electron chi connectivity index (χ1n) is 13.4. The number of epoxide rings is 1. The molecule has 1 aliphatic heterocycles. The van der Waals surface area contributed by atoms with Gasteiger partial charge in [0.25, 0.3) is 5.91 Å². The zero-order valence-corrected chi connectivity index (χ0v) is 22.6. The van der Waals surface area contributed by atoms with Crippen LogP contribution in [0, 0.1) is 5.92 Å². The van der Waals surface area contributed by atoms with Crippen molar-refractivity contribution in [2.75, 3.05) is 13.7 Å². The zero-order chi connectivity index (χ0) is 28.0. The Morgan fingerprint density at radius 3 is 2.33 bits per heavy atom. The minimum Gasteiger partial charge on any atom is -0.497 e. The highest BCUT2D eigenvalue weighted by molar-refractivity contribution is 5.99. The van der Waals surface area contributed by atoms with E-state index in [1.165, 1.54) is 19.3 Å². The Morgan fingerprint density at radius 1 is 1.08 bits per heavy atom. The fourth-order valence-corrected chi connectivity index (χ4v) is 4.93. The summed E-state index contributed by atoms with van der Waals surface area (Å²) in [6.07, 6.45) is 7.94. The van der Waals surface area contributed by atoms with E-state index in [2.05, 4.69) is 25.9 Å². The van der Waals surface area contributed by atoms with Crippen LogP contribution in [-0.4, -0.2) is 70.9 Å². The number of ether oxygens (including phenoxy) is 2. The molecule has 1 aromatic carbocycles. The fourth-order valence-electron chi connectivity index (χ4n) is 4.93. The number of benzene rings is 1. The number of rotatable bonds is 13. The van der Waals surface area contributed by atoms with Crippen molar-refractivity contribution in [3.05, 3.63) is 48.0 Å². The molecule has 39 heavy (non-hydrogen) atoms. The maximum absolute atomic E-state index is 13.6. The van der Waals surface area contributed by atoms with Crippen LogP contribution >= 0.6 is 0 Å². The second-order valence-corrected chi connectivity index (χ2v) is 10.6. The first-order chi connectivity index (χ1) is 18.7. The van der Waals surface area contributed by atoms with Gasteiger partial charge in [-0.2, -0.15) is 0 Å². The van der Waals surface area contributed by atoms with E-state index in [0.29, 0.717) is 24.7 Å². The minimum absolute atomic E-state index is 0.0752. The highest BCUT2D eigenvalue weighted by atomic mass is 16.6. The minimum atomic E-state index is -0.985. The first-order valence-corrected chi connectivity index (χ1v) is 13.4. The van der Waals surface area contributed by atoms with E-state index in [9.17, 15) is 19.2 Å². The summed E-state index contributed by atoms with van der Waals surface area (Å²) in [6, 6.07) is 4.54. The average Bonchev–Trinajstić information content (AvgIpc) is 3.32. The average molecular weight is 540 g/mol. The molecule has 0 radical (unpaired) electrons. The van der Waals surface area contributed by atoms with Crippen molar-refractivity contribution < 1.29 is 28.7 Å². The quantitative estimate of drug-likeness (QED) is 0.282. The molecule has 2 heterocycles. The highest BCUT2D eigenvalue weighted by Gasteiger charge is 2.50. The SMILES string of the molecule is COc1ccc(C[C@H](NC(=O)[C@@H](C)NC(=O)c2ncc[nH]2)C(=O)N[C@@H](CC2CCCC2)C(=O)[C@@]2(C)CO2)cc1. The smallest absolute Gasteiger partial charge is 0.287 e. The molecule has 2 fully saturated rings. The van der Waals surface area contributed by atoms with Crippen molar-refractivity contribution in [2.24, 2.45) is 5.92 Å². The molecule has 1 saturated carbocycles. The summed E-state index contributed by atoms with van der Waals surface area (Å²) >= 11 is 0. The van der Waals surface area contributed by atoms with Crippen LogP contribution in [0.25, 0.3) is 0 Å². The van der Waals surface area contributed by atoms with Crippen LogP contribution in [-0.2, 0) is 25.5 Å². The third kappa shape index (κ3) is 7.44. The number of imidazole rings is 1. The van der Waals surface area contributed by atoms with E-state index in [1.54, 1.807) is 26.2 Å². The number of nitrogens with one attached hydrogen (secondary N) is 4. The van der Waals surface area contributed by atoms with Gasteiger partial charge < -0.3 is 30.4 Å². The summed E-state index contributed by atoms with van der Waals surface area (Å²) in [5.41, 5.74) is -0.0877. The molecular formula is C28H37N5O6. The van der Waals surface area contributed by atoms with E-state index >= 15 is 0 Å². The monoisotopic (exact) mass is 539 g/mol. The predicted molar refractivity (Wildman–Crippen MR) is 142 cm³/mol. The van der Waals surface area contributed by atoms with Gasteiger partial charge in [0.1, 0.15) is 23.4 Å². The van der Waals surface area contributed by atoms with E-state index in [1.807, 2.05) is 12.1 Å². The molecule has 210 valence electrons. The van der Waals surface area contributed by atoms with E-state index in [0.717, 1.165) is 31.2 Å². The topological polar surface area (TPSA) is 155 Å². The zero-order valence-electron chi connectivity index (χ0n) is 22.6. The second-order valence-electron chi connectivity index (χ2n) is 10.6. The van der Waals surface area contributed by atoms with E-state index in [-0.39, 0.29) is 18.0 Å². The number of carbonyl (C=O) groups excluding carboxylic acids is 4. The molecule has 4 N–H and O–H groups in total. The molecule has 0 spiro atoms. The Balaban J connectivity index is 1.48. The highest BCUT2D eigenvalue weighted by Crippen LogP contribution is 2.33. The predicted octanol–water partition coefficient (Wildman–Crippen LogP) is 1.69. The number of Topliss-reactive ketones (excluding diaryl/α,β-unsaturated/α-hetero) is 1. The van der Waals surface area contributed by atoms with Crippen LogP contribution in [0.4, 0.5) is 0 Å². The van der Waals surface area contributed by atoms with Crippen LogP contribution in [0.3, 0.4) is 0 Å². The number of methoxy groups -OCH3 is 1. The molecule has 1 aliphatic carbocycles. The van der Waals surface area contributed by atoms with Gasteiger partial charge in [0, 0.05) is 18.8 Å². The second kappa shape index (κ2) is 12.4.